The molecule has 0 atom stereocenters. The van der Waals surface area contributed by atoms with Gasteiger partial charge in [0.2, 0.25) is 0 Å². The molecule has 0 saturated heterocycles. The number of carbonyl (C=O) groups is 1. The van der Waals surface area contributed by atoms with Crippen LogP contribution in [0.3, 0.4) is 0 Å². The van der Waals surface area contributed by atoms with E-state index in [2.05, 4.69) is 16.7 Å². The highest BCUT2D eigenvalue weighted by Crippen LogP contribution is 2.25. The van der Waals surface area contributed by atoms with Crippen molar-refractivity contribution in [3.05, 3.63) is 59.2 Å². The minimum Gasteiger partial charge on any atom is -0.492 e. The van der Waals surface area contributed by atoms with Crippen LogP contribution in [0.25, 0.3) is 0 Å². The molecule has 0 aliphatic heterocycles. The van der Waals surface area contributed by atoms with Crippen LogP contribution in [-0.4, -0.2) is 19.2 Å². The number of nitrogens with one attached hydrogen (secondary N) is 2. The Hall–Kier alpha value is -2.63. The van der Waals surface area contributed by atoms with Crippen LogP contribution in [-0.2, 0) is 12.8 Å². The van der Waals surface area contributed by atoms with Gasteiger partial charge in [-0.1, -0.05) is 12.1 Å². The Morgan fingerprint density at radius 2 is 1.76 bits per heavy atom. The minimum atomic E-state index is -0.819. The van der Waals surface area contributed by atoms with Gasteiger partial charge in [0.15, 0.2) is 0 Å². The summed E-state index contributed by atoms with van der Waals surface area (Å²) in [7, 11) is 0. The van der Waals surface area contributed by atoms with Crippen LogP contribution in [0.4, 0.5) is 19.3 Å². The molecule has 1 aliphatic rings. The summed E-state index contributed by atoms with van der Waals surface area (Å²) in [5, 5.41) is 4.67. The predicted molar refractivity (Wildman–Crippen MR) is 92.0 cm³/mol. The molecule has 2 N–H and O–H groups in total. The third-order valence-electron chi connectivity index (χ3n) is 4.18. The maximum absolute atomic E-state index is 13.5. The number of halogens is 2. The van der Waals surface area contributed by atoms with E-state index in [0.29, 0.717) is 0 Å². The first-order valence-corrected chi connectivity index (χ1v) is 8.37. The first kappa shape index (κ1) is 17.2. The molecule has 2 aromatic carbocycles. The highest BCUT2D eigenvalue weighted by atomic mass is 19.1. The number of rotatable bonds is 5. The van der Waals surface area contributed by atoms with Crippen molar-refractivity contribution in [2.75, 3.05) is 18.5 Å². The Labute approximate surface area is 145 Å². The number of aryl methyl sites for hydroxylation is 2. The number of ether oxygens (including phenoxy) is 1. The number of hydrogen-bond donors (Lipinski definition) is 2. The fourth-order valence-corrected chi connectivity index (χ4v) is 2.91. The molecule has 2 aromatic rings. The Morgan fingerprint density at radius 3 is 2.52 bits per heavy atom. The van der Waals surface area contributed by atoms with E-state index in [1.807, 2.05) is 12.1 Å². The maximum atomic E-state index is 13.5. The van der Waals surface area contributed by atoms with Crippen molar-refractivity contribution in [1.82, 2.24) is 5.32 Å². The van der Waals surface area contributed by atoms with Gasteiger partial charge in [0.05, 0.1) is 6.54 Å². The largest absolute Gasteiger partial charge is 0.492 e. The molecule has 3 rings (SSSR count). The van der Waals surface area contributed by atoms with Crippen LogP contribution in [0.2, 0.25) is 0 Å². The topological polar surface area (TPSA) is 50.4 Å². The summed E-state index contributed by atoms with van der Waals surface area (Å²) in [6.07, 6.45) is 4.62. The van der Waals surface area contributed by atoms with Crippen molar-refractivity contribution in [3.8, 4) is 5.75 Å². The van der Waals surface area contributed by atoms with Gasteiger partial charge in [-0.2, -0.15) is 0 Å². The van der Waals surface area contributed by atoms with Crippen LogP contribution in [0.5, 0.6) is 5.75 Å². The zero-order valence-corrected chi connectivity index (χ0v) is 13.8. The SMILES string of the molecule is O=C(NCCOc1ccc2c(c1)CCCC2)Nc1c(F)cccc1F. The van der Waals surface area contributed by atoms with Crippen LogP contribution < -0.4 is 15.4 Å². The highest BCUT2D eigenvalue weighted by Gasteiger charge is 2.12. The fraction of sp³-hybridized carbons (Fsp3) is 0.316. The number of para-hydroxylation sites is 1. The van der Waals surface area contributed by atoms with E-state index in [4.69, 9.17) is 4.74 Å². The van der Waals surface area contributed by atoms with Gasteiger partial charge in [-0.05, 0) is 61.1 Å². The zero-order valence-electron chi connectivity index (χ0n) is 13.8. The van der Waals surface area contributed by atoms with E-state index in [0.717, 1.165) is 30.7 Å². The smallest absolute Gasteiger partial charge is 0.319 e. The highest BCUT2D eigenvalue weighted by molar-refractivity contribution is 5.89. The van der Waals surface area contributed by atoms with Crippen molar-refractivity contribution in [1.29, 1.82) is 0 Å². The summed E-state index contributed by atoms with van der Waals surface area (Å²) in [5.74, 6) is -0.871. The summed E-state index contributed by atoms with van der Waals surface area (Å²) in [4.78, 5) is 11.7. The molecule has 132 valence electrons. The molecule has 0 spiro atoms. The Balaban J connectivity index is 1.44. The summed E-state index contributed by atoms with van der Waals surface area (Å²) >= 11 is 0. The van der Waals surface area contributed by atoms with E-state index >= 15 is 0 Å². The second-order valence-electron chi connectivity index (χ2n) is 5.96. The number of amides is 2. The van der Waals surface area contributed by atoms with Gasteiger partial charge in [-0.3, -0.25) is 0 Å². The second kappa shape index (κ2) is 7.96. The van der Waals surface area contributed by atoms with Crippen molar-refractivity contribution >= 4 is 11.7 Å². The van der Waals surface area contributed by atoms with Crippen LogP contribution in [0.1, 0.15) is 24.0 Å². The summed E-state index contributed by atoms with van der Waals surface area (Å²) < 4.78 is 32.5. The Kier molecular flexibility index (Phi) is 5.48. The zero-order chi connectivity index (χ0) is 17.6. The van der Waals surface area contributed by atoms with Crippen molar-refractivity contribution < 1.29 is 18.3 Å². The van der Waals surface area contributed by atoms with Gasteiger partial charge in [0, 0.05) is 0 Å². The summed E-state index contributed by atoms with van der Waals surface area (Å²) in [5.41, 5.74) is 2.24. The summed E-state index contributed by atoms with van der Waals surface area (Å²) in [6.45, 7) is 0.491. The number of benzene rings is 2. The lowest BCUT2D eigenvalue weighted by Gasteiger charge is -2.17. The van der Waals surface area contributed by atoms with E-state index in [1.165, 1.54) is 30.0 Å². The molecule has 4 nitrogen and oxygen atoms in total. The van der Waals surface area contributed by atoms with Crippen molar-refractivity contribution in [3.63, 3.8) is 0 Å². The van der Waals surface area contributed by atoms with Crippen LogP contribution in [0.15, 0.2) is 36.4 Å². The van der Waals surface area contributed by atoms with E-state index < -0.39 is 23.4 Å². The molecule has 6 heteroatoms. The molecule has 0 heterocycles. The number of hydrogen-bond acceptors (Lipinski definition) is 2. The summed E-state index contributed by atoms with van der Waals surface area (Å²) in [6, 6.07) is 8.78. The molecule has 0 unspecified atom stereocenters. The van der Waals surface area contributed by atoms with Crippen molar-refractivity contribution in [2.24, 2.45) is 0 Å². The van der Waals surface area contributed by atoms with Crippen LogP contribution >= 0.6 is 0 Å². The molecule has 0 saturated carbocycles. The number of anilines is 1. The molecule has 25 heavy (non-hydrogen) atoms. The number of carbonyl (C=O) groups excluding carboxylic acids is 1. The lowest BCUT2D eigenvalue weighted by molar-refractivity contribution is 0.247. The Bertz CT molecular complexity index is 745. The average molecular weight is 346 g/mol. The standard InChI is InChI=1S/C19H20F2N2O2/c20-16-6-3-7-17(21)18(16)23-19(24)22-10-11-25-15-9-8-13-4-1-2-5-14(13)12-15/h3,6-9,12H,1-2,4-5,10-11H2,(H2,22,23,24). The monoisotopic (exact) mass is 346 g/mol. The lowest BCUT2D eigenvalue weighted by atomic mass is 9.92. The van der Waals surface area contributed by atoms with Gasteiger partial charge < -0.3 is 15.4 Å². The van der Waals surface area contributed by atoms with E-state index in [9.17, 15) is 13.6 Å². The minimum absolute atomic E-state index is 0.221. The molecular weight excluding hydrogens is 326 g/mol. The van der Waals surface area contributed by atoms with Crippen LogP contribution in [0, 0.1) is 11.6 Å². The third-order valence-corrected chi connectivity index (χ3v) is 4.18. The average Bonchev–Trinajstić information content (AvgIpc) is 2.62. The molecule has 0 aromatic heterocycles. The van der Waals surface area contributed by atoms with Gasteiger partial charge in [-0.25, -0.2) is 13.6 Å². The maximum Gasteiger partial charge on any atom is 0.319 e. The van der Waals surface area contributed by atoms with Gasteiger partial charge in [-0.15, -0.1) is 0 Å². The molecule has 0 bridgehead atoms. The van der Waals surface area contributed by atoms with Gasteiger partial charge >= 0.3 is 6.03 Å². The predicted octanol–water partition coefficient (Wildman–Crippen LogP) is 4.04. The van der Waals surface area contributed by atoms with Gasteiger partial charge in [0.1, 0.15) is 29.7 Å². The number of fused-ring (bicyclic) bond motifs is 1. The number of urea groups is 1. The third kappa shape index (κ3) is 4.47. The Morgan fingerprint density at radius 1 is 1.04 bits per heavy atom. The van der Waals surface area contributed by atoms with E-state index in [-0.39, 0.29) is 13.2 Å². The molecular formula is C19H20F2N2O2. The van der Waals surface area contributed by atoms with Gasteiger partial charge in [0.25, 0.3) is 0 Å². The lowest BCUT2D eigenvalue weighted by Crippen LogP contribution is -2.32. The first-order chi connectivity index (χ1) is 12.1. The normalized spacial score (nSPS) is 13.0. The first-order valence-electron chi connectivity index (χ1n) is 8.37. The quantitative estimate of drug-likeness (QED) is 0.803. The molecule has 2 amide bonds. The van der Waals surface area contributed by atoms with Crippen molar-refractivity contribution in [2.45, 2.75) is 25.7 Å². The molecule has 0 fully saturated rings. The molecule has 1 aliphatic carbocycles. The second-order valence-corrected chi connectivity index (χ2v) is 5.96. The molecule has 0 radical (unpaired) electrons. The van der Waals surface area contributed by atoms with E-state index in [1.54, 1.807) is 0 Å². The fourth-order valence-electron chi connectivity index (χ4n) is 2.91.